The van der Waals surface area contributed by atoms with Crippen molar-refractivity contribution in [3.8, 4) is 0 Å². The zero-order valence-corrected chi connectivity index (χ0v) is 9.20. The van der Waals surface area contributed by atoms with Crippen molar-refractivity contribution in [2.24, 2.45) is 5.73 Å². The molecular formula is C7H17NO2S2. The number of carboxylic acids is 1. The second-order valence-electron chi connectivity index (χ2n) is 1.93. The van der Waals surface area contributed by atoms with E-state index >= 15 is 0 Å². The maximum atomic E-state index is 10.2. The molecule has 0 aromatic heterocycles. The van der Waals surface area contributed by atoms with Crippen LogP contribution in [0.25, 0.3) is 0 Å². The Balaban J connectivity index is 0. The number of hydrogen-bond donors (Lipinski definition) is 3. The van der Waals surface area contributed by atoms with Gasteiger partial charge in [0, 0.05) is 0 Å². The van der Waals surface area contributed by atoms with Gasteiger partial charge in [-0.3, -0.25) is 4.79 Å². The van der Waals surface area contributed by atoms with Crippen LogP contribution in [0.3, 0.4) is 0 Å². The molecule has 0 saturated heterocycles. The van der Waals surface area contributed by atoms with Gasteiger partial charge in [-0.25, -0.2) is 0 Å². The first kappa shape index (κ1) is 14.6. The molecule has 0 aliphatic carbocycles. The summed E-state index contributed by atoms with van der Waals surface area (Å²) in [5, 5.41) is 8.35. The van der Waals surface area contributed by atoms with Crippen molar-refractivity contribution >= 4 is 30.4 Å². The summed E-state index contributed by atoms with van der Waals surface area (Å²) in [6, 6.07) is -0.681. The minimum Gasteiger partial charge on any atom is -0.480 e. The molecule has 0 unspecified atom stereocenters. The minimum atomic E-state index is -0.906. The summed E-state index contributed by atoms with van der Waals surface area (Å²) >= 11 is 5.24. The van der Waals surface area contributed by atoms with Crippen LogP contribution < -0.4 is 5.73 Å². The van der Waals surface area contributed by atoms with E-state index in [1.807, 2.05) is 6.92 Å². The first-order valence-corrected chi connectivity index (χ1v) is 5.74. The lowest BCUT2D eigenvalue weighted by Gasteiger charge is -2.03. The molecule has 0 amide bonds. The van der Waals surface area contributed by atoms with Gasteiger partial charge in [0.1, 0.15) is 6.04 Å². The van der Waals surface area contributed by atoms with Crippen LogP contribution in [0.4, 0.5) is 0 Å². The Kier molecular flexibility index (Phi) is 13.6. The van der Waals surface area contributed by atoms with Gasteiger partial charge in [0.15, 0.2) is 0 Å². The van der Waals surface area contributed by atoms with Crippen LogP contribution in [-0.2, 0) is 4.79 Å². The highest BCUT2D eigenvalue weighted by molar-refractivity contribution is 7.99. The van der Waals surface area contributed by atoms with Gasteiger partial charge in [0.25, 0.3) is 0 Å². The first-order chi connectivity index (χ1) is 5.68. The Hall–Kier alpha value is 0.130. The molecule has 0 spiro atoms. The minimum absolute atomic E-state index is 0.563. The van der Waals surface area contributed by atoms with E-state index in [1.54, 1.807) is 18.0 Å². The zero-order valence-electron chi connectivity index (χ0n) is 7.49. The molecule has 0 heterocycles. The molecule has 12 heavy (non-hydrogen) atoms. The standard InChI is InChI=1S/C6H13NO2S.CH4S/c1-2-10-4-3-5(7)6(8)9;1-2/h5H,2-4,7H2,1H3,(H,8,9);2H,1H3/t5-;/m1./s1. The van der Waals surface area contributed by atoms with E-state index in [-0.39, 0.29) is 0 Å². The van der Waals surface area contributed by atoms with Crippen LogP contribution in [-0.4, -0.2) is 34.9 Å². The van der Waals surface area contributed by atoms with Crippen LogP contribution in [0.5, 0.6) is 0 Å². The Bertz CT molecular complexity index is 112. The lowest BCUT2D eigenvalue weighted by atomic mass is 10.2. The molecule has 0 aliphatic rings. The highest BCUT2D eigenvalue weighted by Crippen LogP contribution is 2.02. The topological polar surface area (TPSA) is 63.3 Å². The van der Waals surface area contributed by atoms with Gasteiger partial charge in [0.05, 0.1) is 0 Å². The lowest BCUT2D eigenvalue weighted by molar-refractivity contribution is -0.138. The lowest BCUT2D eigenvalue weighted by Crippen LogP contribution is -2.30. The van der Waals surface area contributed by atoms with E-state index in [0.29, 0.717) is 6.42 Å². The number of carboxylic acid groups (broad SMARTS) is 1. The summed E-state index contributed by atoms with van der Waals surface area (Å²) < 4.78 is 0. The van der Waals surface area contributed by atoms with E-state index in [1.165, 1.54) is 0 Å². The number of nitrogens with two attached hydrogens (primary N) is 1. The van der Waals surface area contributed by atoms with Crippen molar-refractivity contribution in [3.63, 3.8) is 0 Å². The average Bonchev–Trinajstić information content (AvgIpc) is 2.08. The summed E-state index contributed by atoms with van der Waals surface area (Å²) in [6.45, 7) is 2.04. The summed E-state index contributed by atoms with van der Waals surface area (Å²) in [5.74, 6) is 0.952. The van der Waals surface area contributed by atoms with Gasteiger partial charge in [-0.15, -0.1) is 0 Å². The molecule has 0 radical (unpaired) electrons. The maximum Gasteiger partial charge on any atom is 0.320 e. The second kappa shape index (κ2) is 11.1. The van der Waals surface area contributed by atoms with Crippen LogP contribution in [0.15, 0.2) is 0 Å². The third-order valence-electron chi connectivity index (χ3n) is 1.09. The third kappa shape index (κ3) is 10.1. The van der Waals surface area contributed by atoms with Crippen molar-refractivity contribution in [2.75, 3.05) is 17.8 Å². The summed E-state index contributed by atoms with van der Waals surface area (Å²) in [5.41, 5.74) is 5.24. The summed E-state index contributed by atoms with van der Waals surface area (Å²) in [7, 11) is 0. The number of rotatable bonds is 5. The first-order valence-electron chi connectivity index (χ1n) is 3.69. The monoisotopic (exact) mass is 211 g/mol. The van der Waals surface area contributed by atoms with Crippen LogP contribution in [0.1, 0.15) is 13.3 Å². The summed E-state index contributed by atoms with van der Waals surface area (Å²) in [4.78, 5) is 10.2. The van der Waals surface area contributed by atoms with Crippen molar-refractivity contribution in [2.45, 2.75) is 19.4 Å². The highest BCUT2D eigenvalue weighted by atomic mass is 32.2. The number of carbonyl (C=O) groups is 1. The Morgan fingerprint density at radius 1 is 1.67 bits per heavy atom. The fourth-order valence-corrected chi connectivity index (χ4v) is 1.19. The number of hydrogen-bond acceptors (Lipinski definition) is 4. The van der Waals surface area contributed by atoms with E-state index in [2.05, 4.69) is 12.6 Å². The molecule has 0 fully saturated rings. The Labute approximate surface area is 83.5 Å². The normalized spacial score (nSPS) is 11.3. The predicted molar refractivity (Wildman–Crippen MR) is 58.1 cm³/mol. The molecule has 5 heteroatoms. The molecule has 0 aliphatic heterocycles. The molecule has 0 aromatic carbocycles. The average molecular weight is 211 g/mol. The smallest absolute Gasteiger partial charge is 0.320 e. The molecule has 0 rings (SSSR count). The number of aliphatic carboxylic acids is 1. The third-order valence-corrected chi connectivity index (χ3v) is 2.03. The predicted octanol–water partition coefficient (Wildman–Crippen LogP) is 1.09. The van der Waals surface area contributed by atoms with Crippen LogP contribution in [0.2, 0.25) is 0 Å². The fraction of sp³-hybridized carbons (Fsp3) is 0.857. The van der Waals surface area contributed by atoms with Crippen LogP contribution >= 0.6 is 24.4 Å². The second-order valence-corrected chi connectivity index (χ2v) is 3.32. The highest BCUT2D eigenvalue weighted by Gasteiger charge is 2.09. The van der Waals surface area contributed by atoms with Crippen LogP contribution in [0, 0.1) is 0 Å². The van der Waals surface area contributed by atoms with E-state index in [9.17, 15) is 4.79 Å². The van der Waals surface area contributed by atoms with E-state index in [4.69, 9.17) is 10.8 Å². The molecule has 3 N–H and O–H groups in total. The zero-order chi connectivity index (χ0) is 9.98. The van der Waals surface area contributed by atoms with Gasteiger partial charge in [-0.2, -0.15) is 24.4 Å². The van der Waals surface area contributed by atoms with Gasteiger partial charge in [-0.1, -0.05) is 6.92 Å². The van der Waals surface area contributed by atoms with Gasteiger partial charge in [-0.05, 0) is 24.2 Å². The molecule has 74 valence electrons. The SMILES string of the molecule is CCSCC[C@@H](N)C(=O)O.CS. The van der Waals surface area contributed by atoms with E-state index in [0.717, 1.165) is 11.5 Å². The molecular weight excluding hydrogens is 194 g/mol. The molecule has 0 aromatic rings. The largest absolute Gasteiger partial charge is 0.480 e. The van der Waals surface area contributed by atoms with Crippen molar-refractivity contribution in [1.82, 2.24) is 0 Å². The Morgan fingerprint density at radius 3 is 2.50 bits per heavy atom. The van der Waals surface area contributed by atoms with E-state index < -0.39 is 12.0 Å². The number of thiol groups is 1. The van der Waals surface area contributed by atoms with Gasteiger partial charge < -0.3 is 10.8 Å². The van der Waals surface area contributed by atoms with Crippen molar-refractivity contribution < 1.29 is 9.90 Å². The maximum absolute atomic E-state index is 10.2. The molecule has 3 nitrogen and oxygen atoms in total. The molecule has 0 bridgehead atoms. The van der Waals surface area contributed by atoms with Crippen molar-refractivity contribution in [1.29, 1.82) is 0 Å². The fourth-order valence-electron chi connectivity index (χ4n) is 0.478. The van der Waals surface area contributed by atoms with Crippen molar-refractivity contribution in [3.05, 3.63) is 0 Å². The molecule has 1 atom stereocenters. The summed E-state index contributed by atoms with van der Waals surface area (Å²) in [6.07, 6.45) is 2.26. The van der Waals surface area contributed by atoms with Gasteiger partial charge in [0.2, 0.25) is 0 Å². The van der Waals surface area contributed by atoms with Gasteiger partial charge >= 0.3 is 5.97 Å². The Morgan fingerprint density at radius 2 is 2.17 bits per heavy atom. The molecule has 0 saturated carbocycles. The number of thioether (sulfide) groups is 1. The quantitative estimate of drug-likeness (QED) is 0.470.